The van der Waals surface area contributed by atoms with E-state index in [-0.39, 0.29) is 11.0 Å². The molecular formula is C17H30N2. The largest absolute Gasteiger partial charge is 0.314 e. The molecule has 2 nitrogen and oxygen atoms in total. The van der Waals surface area contributed by atoms with E-state index in [1.807, 2.05) is 7.05 Å². The molecule has 0 saturated heterocycles. The Morgan fingerprint density at radius 2 is 1.68 bits per heavy atom. The first-order valence-electron chi connectivity index (χ1n) is 7.15. The van der Waals surface area contributed by atoms with E-state index in [2.05, 4.69) is 70.4 Å². The van der Waals surface area contributed by atoms with Crippen molar-refractivity contribution in [2.75, 3.05) is 13.6 Å². The second kappa shape index (κ2) is 6.06. The molecule has 0 spiro atoms. The first kappa shape index (κ1) is 16.2. The number of benzene rings is 1. The monoisotopic (exact) mass is 262 g/mol. The van der Waals surface area contributed by atoms with Crippen molar-refractivity contribution in [3.05, 3.63) is 34.9 Å². The van der Waals surface area contributed by atoms with Gasteiger partial charge in [0, 0.05) is 18.6 Å². The predicted octanol–water partition coefficient (Wildman–Crippen LogP) is 3.38. The molecule has 2 N–H and O–H groups in total. The lowest BCUT2D eigenvalue weighted by Crippen LogP contribution is -2.45. The molecule has 19 heavy (non-hydrogen) atoms. The Morgan fingerprint density at radius 3 is 2.21 bits per heavy atom. The summed E-state index contributed by atoms with van der Waals surface area (Å²) in [7, 11) is 2.01. The minimum atomic E-state index is 0.134. The average Bonchev–Trinajstić information content (AvgIpc) is 2.30. The number of rotatable bonds is 5. The summed E-state index contributed by atoms with van der Waals surface area (Å²) in [5.41, 5.74) is 4.52. The van der Waals surface area contributed by atoms with E-state index in [1.165, 1.54) is 16.7 Å². The van der Waals surface area contributed by atoms with E-state index in [1.54, 1.807) is 0 Å². The molecule has 0 fully saturated rings. The fourth-order valence-electron chi connectivity index (χ4n) is 1.93. The molecule has 0 aliphatic carbocycles. The van der Waals surface area contributed by atoms with E-state index >= 15 is 0 Å². The molecule has 0 amide bonds. The Labute approximate surface area is 119 Å². The van der Waals surface area contributed by atoms with Crippen LogP contribution in [0.25, 0.3) is 0 Å². The molecule has 1 aromatic carbocycles. The molecule has 0 aromatic heterocycles. The lowest BCUT2D eigenvalue weighted by atomic mass is 9.85. The van der Waals surface area contributed by atoms with Crippen LogP contribution in [-0.2, 0) is 12.0 Å². The van der Waals surface area contributed by atoms with Gasteiger partial charge >= 0.3 is 0 Å². The summed E-state index contributed by atoms with van der Waals surface area (Å²) in [5, 5.41) is 6.87. The second-order valence-electron chi connectivity index (χ2n) is 7.13. The van der Waals surface area contributed by atoms with E-state index in [9.17, 15) is 0 Å². The van der Waals surface area contributed by atoms with Gasteiger partial charge in [-0.15, -0.1) is 0 Å². The number of nitrogens with one attached hydrogen (secondary N) is 2. The molecule has 0 radical (unpaired) electrons. The molecule has 0 saturated carbocycles. The van der Waals surface area contributed by atoms with Gasteiger partial charge in [-0.2, -0.15) is 0 Å². The van der Waals surface area contributed by atoms with Crippen LogP contribution in [0, 0.1) is 6.92 Å². The molecule has 0 bridgehead atoms. The lowest BCUT2D eigenvalue weighted by Gasteiger charge is -2.25. The predicted molar refractivity (Wildman–Crippen MR) is 84.7 cm³/mol. The van der Waals surface area contributed by atoms with Gasteiger partial charge in [0.05, 0.1) is 0 Å². The topological polar surface area (TPSA) is 24.1 Å². The smallest absolute Gasteiger partial charge is 0.0246 e. The van der Waals surface area contributed by atoms with Gasteiger partial charge in [0.15, 0.2) is 0 Å². The highest BCUT2D eigenvalue weighted by Crippen LogP contribution is 2.24. The Kier molecular flexibility index (Phi) is 5.17. The molecule has 1 rings (SSSR count). The minimum Gasteiger partial charge on any atom is -0.314 e. The third-order valence-electron chi connectivity index (χ3n) is 3.77. The minimum absolute atomic E-state index is 0.134. The molecule has 1 aromatic rings. The van der Waals surface area contributed by atoms with Crippen molar-refractivity contribution < 1.29 is 0 Å². The molecule has 0 atom stereocenters. The molecule has 0 aliphatic rings. The Morgan fingerprint density at radius 1 is 1.05 bits per heavy atom. The summed E-state index contributed by atoms with van der Waals surface area (Å²) in [4.78, 5) is 0. The number of hydrogen-bond donors (Lipinski definition) is 2. The van der Waals surface area contributed by atoms with Gasteiger partial charge in [-0.1, -0.05) is 39.0 Å². The Bertz CT molecular complexity index is 414. The van der Waals surface area contributed by atoms with Crippen LogP contribution in [-0.4, -0.2) is 19.1 Å². The Hall–Kier alpha value is -0.860. The summed E-state index contributed by atoms with van der Waals surface area (Å²) in [6.45, 7) is 15.3. The van der Waals surface area contributed by atoms with Crippen molar-refractivity contribution in [3.8, 4) is 0 Å². The highest BCUT2D eigenvalue weighted by molar-refractivity contribution is 5.34. The van der Waals surface area contributed by atoms with Gasteiger partial charge in [-0.05, 0) is 49.9 Å². The SMILES string of the molecule is CNC(C)(C)CNCc1cc(C(C)(C)C)ccc1C. The zero-order valence-electron chi connectivity index (χ0n) is 13.6. The van der Waals surface area contributed by atoms with Gasteiger partial charge in [0.25, 0.3) is 0 Å². The quantitative estimate of drug-likeness (QED) is 0.850. The van der Waals surface area contributed by atoms with E-state index in [0.717, 1.165) is 13.1 Å². The van der Waals surface area contributed by atoms with Crippen LogP contribution in [0.1, 0.15) is 51.3 Å². The van der Waals surface area contributed by atoms with Crippen LogP contribution in [0.2, 0.25) is 0 Å². The van der Waals surface area contributed by atoms with Crippen molar-refractivity contribution in [2.45, 2.75) is 59.0 Å². The van der Waals surface area contributed by atoms with Crippen LogP contribution in [0.3, 0.4) is 0 Å². The second-order valence-corrected chi connectivity index (χ2v) is 7.13. The van der Waals surface area contributed by atoms with Gasteiger partial charge < -0.3 is 10.6 Å². The van der Waals surface area contributed by atoms with Crippen LogP contribution < -0.4 is 10.6 Å². The van der Waals surface area contributed by atoms with Gasteiger partial charge in [-0.25, -0.2) is 0 Å². The van der Waals surface area contributed by atoms with Crippen LogP contribution >= 0.6 is 0 Å². The van der Waals surface area contributed by atoms with Crippen molar-refractivity contribution in [3.63, 3.8) is 0 Å². The Balaban J connectivity index is 2.73. The summed E-state index contributed by atoms with van der Waals surface area (Å²) in [6, 6.07) is 6.83. The maximum atomic E-state index is 3.55. The van der Waals surface area contributed by atoms with E-state index in [0.29, 0.717) is 0 Å². The van der Waals surface area contributed by atoms with Crippen LogP contribution in [0.4, 0.5) is 0 Å². The summed E-state index contributed by atoms with van der Waals surface area (Å²) in [6.07, 6.45) is 0. The summed E-state index contributed by atoms with van der Waals surface area (Å²) >= 11 is 0. The molecule has 0 unspecified atom stereocenters. The number of likely N-dealkylation sites (N-methyl/N-ethyl adjacent to an activating group) is 1. The first-order chi connectivity index (χ1) is 8.65. The molecule has 2 heteroatoms. The maximum absolute atomic E-state index is 3.55. The lowest BCUT2D eigenvalue weighted by molar-refractivity contribution is 0.393. The number of hydrogen-bond acceptors (Lipinski definition) is 2. The van der Waals surface area contributed by atoms with Crippen LogP contribution in [0.5, 0.6) is 0 Å². The maximum Gasteiger partial charge on any atom is 0.0246 e. The summed E-state index contributed by atoms with van der Waals surface area (Å²) < 4.78 is 0. The zero-order chi connectivity index (χ0) is 14.7. The fourth-order valence-corrected chi connectivity index (χ4v) is 1.93. The van der Waals surface area contributed by atoms with E-state index in [4.69, 9.17) is 0 Å². The normalized spacial score (nSPS) is 12.8. The molecule has 108 valence electrons. The first-order valence-corrected chi connectivity index (χ1v) is 7.15. The van der Waals surface area contributed by atoms with Gasteiger partial charge in [0.1, 0.15) is 0 Å². The van der Waals surface area contributed by atoms with Crippen molar-refractivity contribution in [1.29, 1.82) is 0 Å². The van der Waals surface area contributed by atoms with E-state index < -0.39 is 0 Å². The van der Waals surface area contributed by atoms with Gasteiger partial charge in [0.2, 0.25) is 0 Å². The molecular weight excluding hydrogens is 232 g/mol. The fraction of sp³-hybridized carbons (Fsp3) is 0.647. The highest BCUT2D eigenvalue weighted by Gasteiger charge is 2.16. The number of aryl methyl sites for hydroxylation is 1. The molecule has 0 aliphatic heterocycles. The average molecular weight is 262 g/mol. The van der Waals surface area contributed by atoms with Crippen molar-refractivity contribution >= 4 is 0 Å². The molecule has 0 heterocycles. The van der Waals surface area contributed by atoms with Crippen molar-refractivity contribution in [2.24, 2.45) is 0 Å². The third-order valence-corrected chi connectivity index (χ3v) is 3.77. The van der Waals surface area contributed by atoms with Crippen molar-refractivity contribution in [1.82, 2.24) is 10.6 Å². The highest BCUT2D eigenvalue weighted by atomic mass is 15.0. The third kappa shape index (κ3) is 4.96. The zero-order valence-corrected chi connectivity index (χ0v) is 13.6. The standard InChI is InChI=1S/C17H30N2/c1-13-8-9-15(16(2,3)4)10-14(13)11-19-12-17(5,6)18-7/h8-10,18-19H,11-12H2,1-7H3. The van der Waals surface area contributed by atoms with Gasteiger partial charge in [-0.3, -0.25) is 0 Å². The summed E-state index contributed by atoms with van der Waals surface area (Å²) in [5.74, 6) is 0. The van der Waals surface area contributed by atoms with Crippen LogP contribution in [0.15, 0.2) is 18.2 Å².